The second-order valence-electron chi connectivity index (χ2n) is 4.81. The summed E-state index contributed by atoms with van der Waals surface area (Å²) >= 11 is 0. The number of aromatic nitrogens is 1. The average molecular weight is 214 g/mol. The Morgan fingerprint density at radius 2 is 2.00 bits per heavy atom. The van der Waals surface area contributed by atoms with Crippen molar-refractivity contribution < 1.29 is 0 Å². The second-order valence-corrected chi connectivity index (χ2v) is 4.81. The third-order valence-corrected chi connectivity index (χ3v) is 2.97. The van der Waals surface area contributed by atoms with Gasteiger partial charge in [-0.3, -0.25) is 4.98 Å². The fourth-order valence-electron chi connectivity index (χ4n) is 1.92. The topological polar surface area (TPSA) is 38.9 Å². The first-order valence-corrected chi connectivity index (χ1v) is 5.68. The van der Waals surface area contributed by atoms with Crippen LogP contribution in [-0.4, -0.2) is 4.98 Å². The molecule has 0 spiro atoms. The molecule has 1 aromatic heterocycles. The summed E-state index contributed by atoms with van der Waals surface area (Å²) in [5, 5.41) is 2.46. The van der Waals surface area contributed by atoms with E-state index in [4.69, 9.17) is 5.73 Å². The summed E-state index contributed by atoms with van der Waals surface area (Å²) < 4.78 is 0. The third kappa shape index (κ3) is 1.93. The normalized spacial score (nSPS) is 12.0. The molecule has 0 unspecified atom stereocenters. The van der Waals surface area contributed by atoms with Crippen LogP contribution < -0.4 is 5.73 Å². The van der Waals surface area contributed by atoms with E-state index in [0.717, 1.165) is 12.0 Å². The Morgan fingerprint density at radius 1 is 1.25 bits per heavy atom. The van der Waals surface area contributed by atoms with E-state index >= 15 is 0 Å². The van der Waals surface area contributed by atoms with Gasteiger partial charge in [0.1, 0.15) is 0 Å². The maximum absolute atomic E-state index is 6.10. The van der Waals surface area contributed by atoms with Gasteiger partial charge in [-0.25, -0.2) is 0 Å². The highest BCUT2D eigenvalue weighted by atomic mass is 14.7. The van der Waals surface area contributed by atoms with Gasteiger partial charge in [0.25, 0.3) is 0 Å². The Hall–Kier alpha value is -1.41. The number of pyridine rings is 1. The van der Waals surface area contributed by atoms with Crippen LogP contribution in [0.25, 0.3) is 10.8 Å². The van der Waals surface area contributed by atoms with E-state index in [2.05, 4.69) is 30.1 Å². The number of fused-ring (bicyclic) bond motifs is 1. The van der Waals surface area contributed by atoms with Gasteiger partial charge in [-0.1, -0.05) is 19.1 Å². The van der Waals surface area contributed by atoms with Crippen molar-refractivity contribution in [3.05, 3.63) is 41.7 Å². The predicted molar refractivity (Wildman–Crippen MR) is 68.3 cm³/mol. The van der Waals surface area contributed by atoms with E-state index in [9.17, 15) is 0 Å². The summed E-state index contributed by atoms with van der Waals surface area (Å²) in [5.41, 5.74) is 8.24. The van der Waals surface area contributed by atoms with E-state index in [1.165, 1.54) is 16.3 Å². The summed E-state index contributed by atoms with van der Waals surface area (Å²) in [6.45, 7) is 6.19. The molecular weight excluding hydrogens is 196 g/mol. The highest BCUT2D eigenvalue weighted by Crippen LogP contribution is 2.24. The SMILES string of the molecule is CCc1cncc2cc(C(C)(C)N)ccc12. The van der Waals surface area contributed by atoms with Gasteiger partial charge in [0.05, 0.1) is 0 Å². The first kappa shape index (κ1) is 11.1. The molecule has 0 saturated heterocycles. The van der Waals surface area contributed by atoms with Gasteiger partial charge >= 0.3 is 0 Å². The molecular formula is C14H18N2. The minimum absolute atomic E-state index is 0.295. The second kappa shape index (κ2) is 3.87. The maximum atomic E-state index is 6.10. The highest BCUT2D eigenvalue weighted by Gasteiger charge is 2.14. The molecule has 0 atom stereocenters. The third-order valence-electron chi connectivity index (χ3n) is 2.97. The molecule has 0 aliphatic rings. The van der Waals surface area contributed by atoms with Gasteiger partial charge in [-0.15, -0.1) is 0 Å². The van der Waals surface area contributed by atoms with Crippen molar-refractivity contribution in [2.45, 2.75) is 32.7 Å². The molecule has 84 valence electrons. The standard InChI is InChI=1S/C14H18N2/c1-4-10-8-16-9-11-7-12(14(2,3)15)5-6-13(10)11/h5-9H,4,15H2,1-3H3. The molecule has 0 bridgehead atoms. The molecule has 2 rings (SSSR count). The van der Waals surface area contributed by atoms with Crippen molar-refractivity contribution >= 4 is 10.8 Å². The zero-order chi connectivity index (χ0) is 11.8. The quantitative estimate of drug-likeness (QED) is 0.834. The zero-order valence-corrected chi connectivity index (χ0v) is 10.1. The largest absolute Gasteiger partial charge is 0.322 e. The molecule has 1 heterocycles. The van der Waals surface area contributed by atoms with Crippen molar-refractivity contribution in [3.63, 3.8) is 0 Å². The zero-order valence-electron chi connectivity index (χ0n) is 10.1. The van der Waals surface area contributed by atoms with Crippen LogP contribution in [0.2, 0.25) is 0 Å². The molecule has 0 aliphatic carbocycles. The van der Waals surface area contributed by atoms with Crippen LogP contribution in [-0.2, 0) is 12.0 Å². The Balaban J connectivity index is 2.64. The minimum Gasteiger partial charge on any atom is -0.322 e. The number of aryl methyl sites for hydroxylation is 1. The van der Waals surface area contributed by atoms with Gasteiger partial charge in [-0.05, 0) is 42.8 Å². The summed E-state index contributed by atoms with van der Waals surface area (Å²) in [7, 11) is 0. The van der Waals surface area contributed by atoms with Crippen molar-refractivity contribution in [1.82, 2.24) is 4.98 Å². The monoisotopic (exact) mass is 214 g/mol. The lowest BCUT2D eigenvalue weighted by Crippen LogP contribution is -2.28. The van der Waals surface area contributed by atoms with Gasteiger partial charge < -0.3 is 5.73 Å². The summed E-state index contributed by atoms with van der Waals surface area (Å²) in [6.07, 6.45) is 4.86. The molecule has 0 saturated carbocycles. The lowest BCUT2D eigenvalue weighted by molar-refractivity contribution is 0.555. The number of nitrogens with zero attached hydrogens (tertiary/aromatic N) is 1. The minimum atomic E-state index is -0.295. The molecule has 16 heavy (non-hydrogen) atoms. The molecule has 2 heteroatoms. The summed E-state index contributed by atoms with van der Waals surface area (Å²) in [6, 6.07) is 6.41. The average Bonchev–Trinajstić information content (AvgIpc) is 2.26. The van der Waals surface area contributed by atoms with Crippen LogP contribution in [0.5, 0.6) is 0 Å². The molecule has 2 aromatic rings. The first-order valence-electron chi connectivity index (χ1n) is 5.68. The van der Waals surface area contributed by atoms with Crippen LogP contribution in [0.3, 0.4) is 0 Å². The number of hydrogen-bond donors (Lipinski definition) is 1. The van der Waals surface area contributed by atoms with E-state index in [-0.39, 0.29) is 5.54 Å². The predicted octanol–water partition coefficient (Wildman–Crippen LogP) is 2.99. The van der Waals surface area contributed by atoms with Crippen molar-refractivity contribution in [2.24, 2.45) is 5.73 Å². The van der Waals surface area contributed by atoms with Crippen molar-refractivity contribution in [3.8, 4) is 0 Å². The summed E-state index contributed by atoms with van der Waals surface area (Å²) in [5.74, 6) is 0. The van der Waals surface area contributed by atoms with E-state index < -0.39 is 0 Å². The Bertz CT molecular complexity index is 510. The number of rotatable bonds is 2. The maximum Gasteiger partial charge on any atom is 0.0352 e. The van der Waals surface area contributed by atoms with E-state index in [0.29, 0.717) is 0 Å². The van der Waals surface area contributed by atoms with E-state index in [1.807, 2.05) is 26.2 Å². The van der Waals surface area contributed by atoms with Gasteiger partial charge in [0.15, 0.2) is 0 Å². The molecule has 0 radical (unpaired) electrons. The Labute approximate surface area is 96.5 Å². The fourth-order valence-corrected chi connectivity index (χ4v) is 1.92. The van der Waals surface area contributed by atoms with Crippen LogP contribution >= 0.6 is 0 Å². The summed E-state index contributed by atoms with van der Waals surface area (Å²) in [4.78, 5) is 4.27. The molecule has 2 nitrogen and oxygen atoms in total. The van der Waals surface area contributed by atoms with Crippen molar-refractivity contribution in [2.75, 3.05) is 0 Å². The number of benzene rings is 1. The molecule has 0 amide bonds. The van der Waals surface area contributed by atoms with Gasteiger partial charge in [0, 0.05) is 23.3 Å². The molecule has 0 aliphatic heterocycles. The number of hydrogen-bond acceptors (Lipinski definition) is 2. The lowest BCUT2D eigenvalue weighted by atomic mass is 9.93. The molecule has 0 fully saturated rings. The Morgan fingerprint density at radius 3 is 2.62 bits per heavy atom. The van der Waals surface area contributed by atoms with Gasteiger partial charge in [0.2, 0.25) is 0 Å². The molecule has 1 aromatic carbocycles. The van der Waals surface area contributed by atoms with E-state index in [1.54, 1.807) is 0 Å². The molecule has 2 N–H and O–H groups in total. The smallest absolute Gasteiger partial charge is 0.0352 e. The van der Waals surface area contributed by atoms with Crippen LogP contribution in [0.4, 0.5) is 0 Å². The van der Waals surface area contributed by atoms with Gasteiger partial charge in [-0.2, -0.15) is 0 Å². The van der Waals surface area contributed by atoms with Crippen LogP contribution in [0.15, 0.2) is 30.6 Å². The fraction of sp³-hybridized carbons (Fsp3) is 0.357. The van der Waals surface area contributed by atoms with Crippen LogP contribution in [0, 0.1) is 0 Å². The Kier molecular flexibility index (Phi) is 2.68. The van der Waals surface area contributed by atoms with Crippen molar-refractivity contribution in [1.29, 1.82) is 0 Å². The number of nitrogens with two attached hydrogens (primary N) is 1. The first-order chi connectivity index (χ1) is 7.52. The van der Waals surface area contributed by atoms with Crippen LogP contribution in [0.1, 0.15) is 31.9 Å². The highest BCUT2D eigenvalue weighted by molar-refractivity contribution is 5.85. The lowest BCUT2D eigenvalue weighted by Gasteiger charge is -2.19.